The molecule has 2 aromatic rings. The Morgan fingerprint density at radius 1 is 1.32 bits per heavy atom. The maximum atomic E-state index is 12.0. The van der Waals surface area contributed by atoms with Crippen molar-refractivity contribution < 1.29 is 9.59 Å². The summed E-state index contributed by atoms with van der Waals surface area (Å²) in [7, 11) is 0. The van der Waals surface area contributed by atoms with Crippen molar-refractivity contribution in [2.45, 2.75) is 25.1 Å². The number of carbonyl (C=O) groups is 2. The second kappa shape index (κ2) is 8.74. The number of nitrogens with zero attached hydrogens (tertiary/aromatic N) is 1. The van der Waals surface area contributed by atoms with Gasteiger partial charge in [0, 0.05) is 35.8 Å². The van der Waals surface area contributed by atoms with Crippen LogP contribution in [-0.4, -0.2) is 24.1 Å². The molecular formula is C18H19ClN2O2S2. The lowest BCUT2D eigenvalue weighted by Crippen LogP contribution is -2.26. The zero-order valence-electron chi connectivity index (χ0n) is 13.7. The first-order valence-electron chi connectivity index (χ1n) is 8.10. The SMILES string of the molecule is O=C(CSCc1ccc(Cl)s1)NCc1cccc(N2CCCC2=O)c1. The van der Waals surface area contributed by atoms with Gasteiger partial charge in [-0.2, -0.15) is 0 Å². The van der Waals surface area contributed by atoms with E-state index in [1.807, 2.05) is 41.3 Å². The van der Waals surface area contributed by atoms with E-state index in [0.29, 0.717) is 18.7 Å². The number of thiophene rings is 1. The molecule has 2 heterocycles. The molecule has 0 radical (unpaired) electrons. The van der Waals surface area contributed by atoms with Crippen LogP contribution in [0.2, 0.25) is 4.34 Å². The number of rotatable bonds is 7. The molecule has 0 aliphatic carbocycles. The number of anilines is 1. The Kier molecular flexibility index (Phi) is 6.39. The molecule has 0 atom stereocenters. The van der Waals surface area contributed by atoms with Gasteiger partial charge >= 0.3 is 0 Å². The van der Waals surface area contributed by atoms with Crippen LogP contribution in [0.25, 0.3) is 0 Å². The van der Waals surface area contributed by atoms with E-state index < -0.39 is 0 Å². The van der Waals surface area contributed by atoms with Gasteiger partial charge in [-0.3, -0.25) is 9.59 Å². The third-order valence-electron chi connectivity index (χ3n) is 3.89. The Balaban J connectivity index is 1.44. The molecule has 0 saturated carbocycles. The lowest BCUT2D eigenvalue weighted by molar-refractivity contribution is -0.119. The highest BCUT2D eigenvalue weighted by Crippen LogP contribution is 2.25. The number of hydrogen-bond acceptors (Lipinski definition) is 4. The molecule has 1 saturated heterocycles. The minimum atomic E-state index is 0.00954. The normalized spacial score (nSPS) is 14.1. The van der Waals surface area contributed by atoms with Crippen LogP contribution in [0.4, 0.5) is 5.69 Å². The zero-order valence-corrected chi connectivity index (χ0v) is 16.1. The number of hydrogen-bond donors (Lipinski definition) is 1. The Bertz CT molecular complexity index is 763. The van der Waals surface area contributed by atoms with Gasteiger partial charge in [-0.1, -0.05) is 23.7 Å². The minimum Gasteiger partial charge on any atom is -0.351 e. The molecule has 0 bridgehead atoms. The van der Waals surface area contributed by atoms with E-state index in [1.165, 1.54) is 4.88 Å². The predicted molar refractivity (Wildman–Crippen MR) is 105 cm³/mol. The third-order valence-corrected chi connectivity index (χ3v) is 6.29. The summed E-state index contributed by atoms with van der Waals surface area (Å²) in [6.07, 6.45) is 1.53. The number of nitrogens with one attached hydrogen (secondary N) is 1. The number of carbonyl (C=O) groups excluding carboxylic acids is 2. The highest BCUT2D eigenvalue weighted by Gasteiger charge is 2.21. The van der Waals surface area contributed by atoms with Crippen LogP contribution in [0.3, 0.4) is 0 Å². The Morgan fingerprint density at radius 2 is 2.20 bits per heavy atom. The molecule has 132 valence electrons. The van der Waals surface area contributed by atoms with Gasteiger partial charge in [0.25, 0.3) is 0 Å². The minimum absolute atomic E-state index is 0.00954. The fraction of sp³-hybridized carbons (Fsp3) is 0.333. The lowest BCUT2D eigenvalue weighted by atomic mass is 10.2. The molecule has 25 heavy (non-hydrogen) atoms. The quantitative estimate of drug-likeness (QED) is 0.769. The fourth-order valence-electron chi connectivity index (χ4n) is 2.68. The number of thioether (sulfide) groups is 1. The molecule has 1 aromatic carbocycles. The van der Waals surface area contributed by atoms with Gasteiger partial charge in [0.05, 0.1) is 10.1 Å². The van der Waals surface area contributed by atoms with Crippen LogP contribution < -0.4 is 10.2 Å². The van der Waals surface area contributed by atoms with Gasteiger partial charge < -0.3 is 10.2 Å². The average molecular weight is 395 g/mol. The van der Waals surface area contributed by atoms with E-state index in [4.69, 9.17) is 11.6 Å². The van der Waals surface area contributed by atoms with E-state index in [9.17, 15) is 9.59 Å². The van der Waals surface area contributed by atoms with Crippen molar-refractivity contribution in [1.29, 1.82) is 0 Å². The summed E-state index contributed by atoms with van der Waals surface area (Å²) in [5, 5.41) is 2.93. The third kappa shape index (κ3) is 5.23. The number of amides is 2. The smallest absolute Gasteiger partial charge is 0.230 e. The van der Waals surface area contributed by atoms with Crippen molar-refractivity contribution in [3.63, 3.8) is 0 Å². The summed E-state index contributed by atoms with van der Waals surface area (Å²) in [6.45, 7) is 1.25. The summed E-state index contributed by atoms with van der Waals surface area (Å²) < 4.78 is 0.774. The molecule has 7 heteroatoms. The van der Waals surface area contributed by atoms with Gasteiger partial charge in [-0.15, -0.1) is 23.1 Å². The standard InChI is InChI=1S/C18H19ClN2O2S2/c19-16-7-6-15(25-16)11-24-12-17(22)20-10-13-3-1-4-14(9-13)21-8-2-5-18(21)23/h1,3-4,6-7,9H,2,5,8,10-12H2,(H,20,22). The fourth-order valence-corrected chi connectivity index (χ4v) is 4.74. The molecule has 2 amide bonds. The first kappa shape index (κ1) is 18.3. The van der Waals surface area contributed by atoms with E-state index in [0.717, 1.165) is 34.3 Å². The Hall–Kier alpha value is -1.50. The summed E-state index contributed by atoms with van der Waals surface area (Å²) in [4.78, 5) is 26.8. The van der Waals surface area contributed by atoms with Crippen LogP contribution in [0, 0.1) is 0 Å². The van der Waals surface area contributed by atoms with Crippen LogP contribution in [0.5, 0.6) is 0 Å². The molecule has 0 unspecified atom stereocenters. The summed E-state index contributed by atoms with van der Waals surface area (Å²) in [5.41, 5.74) is 1.92. The second-order valence-electron chi connectivity index (χ2n) is 5.79. The van der Waals surface area contributed by atoms with Gasteiger partial charge in [0.15, 0.2) is 0 Å². The monoisotopic (exact) mass is 394 g/mol. The van der Waals surface area contributed by atoms with Crippen molar-refractivity contribution in [3.8, 4) is 0 Å². The van der Waals surface area contributed by atoms with Crippen LogP contribution in [-0.2, 0) is 21.9 Å². The largest absolute Gasteiger partial charge is 0.351 e. The van der Waals surface area contributed by atoms with Crippen LogP contribution >= 0.6 is 34.7 Å². The van der Waals surface area contributed by atoms with Crippen molar-refractivity contribution in [1.82, 2.24) is 5.32 Å². The number of halogens is 1. The Morgan fingerprint density at radius 3 is 2.92 bits per heavy atom. The van der Waals surface area contributed by atoms with E-state index in [2.05, 4.69) is 5.32 Å². The molecule has 1 aliphatic heterocycles. The molecule has 1 N–H and O–H groups in total. The maximum absolute atomic E-state index is 12.0. The topological polar surface area (TPSA) is 49.4 Å². The summed E-state index contributed by atoms with van der Waals surface area (Å²) in [6, 6.07) is 11.7. The first-order valence-corrected chi connectivity index (χ1v) is 10.4. The lowest BCUT2D eigenvalue weighted by Gasteiger charge is -2.16. The molecular weight excluding hydrogens is 376 g/mol. The predicted octanol–water partition coefficient (Wildman–Crippen LogP) is 4.08. The molecule has 0 spiro atoms. The van der Waals surface area contributed by atoms with Crippen LogP contribution in [0.15, 0.2) is 36.4 Å². The van der Waals surface area contributed by atoms with Gasteiger partial charge in [0.2, 0.25) is 11.8 Å². The van der Waals surface area contributed by atoms with E-state index in [-0.39, 0.29) is 11.8 Å². The van der Waals surface area contributed by atoms with Gasteiger partial charge in [-0.25, -0.2) is 0 Å². The van der Waals surface area contributed by atoms with Crippen molar-refractivity contribution in [3.05, 3.63) is 51.2 Å². The average Bonchev–Trinajstić information content (AvgIpc) is 3.21. The molecule has 1 aromatic heterocycles. The molecule has 1 aliphatic rings. The molecule has 1 fully saturated rings. The van der Waals surface area contributed by atoms with E-state index >= 15 is 0 Å². The maximum Gasteiger partial charge on any atom is 0.230 e. The highest BCUT2D eigenvalue weighted by atomic mass is 35.5. The highest BCUT2D eigenvalue weighted by molar-refractivity contribution is 7.99. The van der Waals surface area contributed by atoms with Crippen LogP contribution in [0.1, 0.15) is 23.3 Å². The zero-order chi connectivity index (χ0) is 17.6. The molecule has 3 rings (SSSR count). The van der Waals surface area contributed by atoms with Crippen molar-refractivity contribution >= 4 is 52.2 Å². The van der Waals surface area contributed by atoms with Gasteiger partial charge in [-0.05, 0) is 36.2 Å². The first-order chi connectivity index (χ1) is 12.1. The number of benzene rings is 1. The second-order valence-corrected chi connectivity index (χ2v) is 8.58. The summed E-state index contributed by atoms with van der Waals surface area (Å²) >= 11 is 9.01. The Labute approximate surface area is 160 Å². The molecule has 4 nitrogen and oxygen atoms in total. The summed E-state index contributed by atoms with van der Waals surface area (Å²) in [5.74, 6) is 1.39. The van der Waals surface area contributed by atoms with Crippen molar-refractivity contribution in [2.24, 2.45) is 0 Å². The van der Waals surface area contributed by atoms with E-state index in [1.54, 1.807) is 23.1 Å². The van der Waals surface area contributed by atoms with Gasteiger partial charge in [0.1, 0.15) is 0 Å². The van der Waals surface area contributed by atoms with Crippen molar-refractivity contribution in [2.75, 3.05) is 17.2 Å².